The number of carbonyl (C=O) groups excluding carboxylic acids is 1. The maximum absolute atomic E-state index is 12.7. The third kappa shape index (κ3) is 19.7. The molecule has 1 atom stereocenters. The van der Waals surface area contributed by atoms with Crippen molar-refractivity contribution < 1.29 is 41.8 Å². The van der Waals surface area contributed by atoms with Crippen LogP contribution in [0.3, 0.4) is 0 Å². The van der Waals surface area contributed by atoms with Crippen molar-refractivity contribution in [3.05, 3.63) is 59.5 Å². The average Bonchev–Trinajstić information content (AvgIpc) is 3.01. The lowest BCUT2D eigenvalue weighted by molar-refractivity contribution is -0.153. The molecule has 0 spiro atoms. The first-order valence-corrected chi connectivity index (χ1v) is 18.5. The number of ether oxygens (including phenoxy) is 2. The van der Waals surface area contributed by atoms with E-state index in [0.29, 0.717) is 23.4 Å². The van der Waals surface area contributed by atoms with Gasteiger partial charge >= 0.3 is 13.8 Å². The molecule has 1 aromatic carbocycles. The van der Waals surface area contributed by atoms with Crippen LogP contribution in [0.1, 0.15) is 114 Å². The van der Waals surface area contributed by atoms with Gasteiger partial charge in [-0.15, -0.1) is 11.6 Å². The summed E-state index contributed by atoms with van der Waals surface area (Å²) in [6.45, 7) is 0.800. The minimum atomic E-state index is -4.59. The van der Waals surface area contributed by atoms with Crippen molar-refractivity contribution in [2.24, 2.45) is 0 Å². The normalized spacial score (nSPS) is 13.0. The van der Waals surface area contributed by atoms with Gasteiger partial charge in [-0.25, -0.2) is 0 Å². The van der Waals surface area contributed by atoms with Gasteiger partial charge < -0.3 is 24.6 Å². The largest absolute Gasteiger partial charge is 0.487 e. The van der Waals surface area contributed by atoms with E-state index in [4.69, 9.17) is 21.1 Å². The van der Waals surface area contributed by atoms with Crippen molar-refractivity contribution in [3.63, 3.8) is 0 Å². The van der Waals surface area contributed by atoms with E-state index in [1.54, 1.807) is 30.3 Å². The van der Waals surface area contributed by atoms with Gasteiger partial charge in [0, 0.05) is 30.8 Å². The van der Waals surface area contributed by atoms with Gasteiger partial charge in [-0.05, 0) is 36.3 Å². The molecule has 264 valence electrons. The van der Waals surface area contributed by atoms with E-state index in [9.17, 15) is 32.3 Å². The highest BCUT2D eigenvalue weighted by Gasteiger charge is 2.29. The molecule has 8 nitrogen and oxygen atoms in total. The summed E-state index contributed by atoms with van der Waals surface area (Å²) in [5.41, 5.74) is 1.28. The number of halogens is 4. The minimum absolute atomic E-state index is 0.0187. The second-order valence-electron chi connectivity index (χ2n) is 11.7. The van der Waals surface area contributed by atoms with Crippen LogP contribution < -0.4 is 14.8 Å². The van der Waals surface area contributed by atoms with E-state index < -0.39 is 25.5 Å². The Morgan fingerprint density at radius 2 is 1.49 bits per heavy atom. The third-order valence-electron chi connectivity index (χ3n) is 7.36. The Bertz CT molecular complexity index is 1260. The van der Waals surface area contributed by atoms with Crippen LogP contribution in [0.5, 0.6) is 11.5 Å². The van der Waals surface area contributed by atoms with Crippen molar-refractivity contribution in [1.82, 2.24) is 10.3 Å². The zero-order valence-corrected chi connectivity index (χ0v) is 28.8. The van der Waals surface area contributed by atoms with E-state index in [-0.39, 0.29) is 30.4 Å². The standard InChI is InChI=1S/C34H49ClF3N2O6P/c1-2-3-4-5-6-7-8-9-10-11-12-13-14-15-33(41)40-28(24-32(35)47(42,43)44)22-27-16-18-30(19-17-27)45-25-29-23-31(20-21-39-29)46-26-34(36,37)38/h16-23,32H,2-15,24-26H2,1H3,(H,40,41)(H2,42,43,44)/b28-22-. The Morgan fingerprint density at radius 1 is 0.915 bits per heavy atom. The van der Waals surface area contributed by atoms with Gasteiger partial charge in [0.25, 0.3) is 0 Å². The van der Waals surface area contributed by atoms with Gasteiger partial charge in [0.05, 0.1) is 5.69 Å². The molecule has 13 heteroatoms. The van der Waals surface area contributed by atoms with Crippen LogP contribution in [0.25, 0.3) is 6.08 Å². The molecule has 0 fully saturated rings. The van der Waals surface area contributed by atoms with Gasteiger partial charge in [0.15, 0.2) is 6.61 Å². The summed E-state index contributed by atoms with van der Waals surface area (Å²) in [5.74, 6) is 0.222. The third-order valence-corrected chi connectivity index (χ3v) is 9.19. The maximum atomic E-state index is 12.7. The first-order valence-electron chi connectivity index (χ1n) is 16.4. The average molecular weight is 705 g/mol. The number of aromatic nitrogens is 1. The molecule has 0 saturated carbocycles. The molecule has 3 N–H and O–H groups in total. The number of alkyl halides is 4. The van der Waals surface area contributed by atoms with Crippen LogP contribution in [0.15, 0.2) is 48.3 Å². The van der Waals surface area contributed by atoms with Gasteiger partial charge in [-0.3, -0.25) is 14.3 Å². The van der Waals surface area contributed by atoms with E-state index in [2.05, 4.69) is 17.2 Å². The number of nitrogens with zero attached hydrogens (tertiary/aromatic N) is 1. The smallest absolute Gasteiger partial charge is 0.422 e. The monoisotopic (exact) mass is 704 g/mol. The van der Waals surface area contributed by atoms with Crippen LogP contribution >= 0.6 is 19.2 Å². The lowest BCUT2D eigenvalue weighted by Crippen LogP contribution is -2.24. The van der Waals surface area contributed by atoms with Gasteiger partial charge in [0.1, 0.15) is 23.2 Å². The van der Waals surface area contributed by atoms with E-state index in [1.165, 1.54) is 76.1 Å². The summed E-state index contributed by atoms with van der Waals surface area (Å²) in [6, 6.07) is 9.34. The van der Waals surface area contributed by atoms with E-state index in [1.807, 2.05) is 0 Å². The zero-order chi connectivity index (χ0) is 34.5. The van der Waals surface area contributed by atoms with Crippen LogP contribution in [-0.4, -0.2) is 38.6 Å². The SMILES string of the molecule is CCCCCCCCCCCCCCCC(=O)N/C(=C\c1ccc(OCc2cc(OCC(F)(F)F)ccn2)cc1)CC(Cl)P(=O)(O)O. The highest BCUT2D eigenvalue weighted by Crippen LogP contribution is 2.46. The molecule has 0 aliphatic heterocycles. The number of amides is 1. The first-order chi connectivity index (χ1) is 22.4. The van der Waals surface area contributed by atoms with Crippen LogP contribution in [-0.2, 0) is 16.0 Å². The molecule has 47 heavy (non-hydrogen) atoms. The predicted octanol–water partition coefficient (Wildman–Crippen LogP) is 9.67. The van der Waals surface area contributed by atoms with Crippen molar-refractivity contribution in [2.75, 3.05) is 6.61 Å². The van der Waals surface area contributed by atoms with Crippen molar-refractivity contribution in [3.8, 4) is 11.5 Å². The quantitative estimate of drug-likeness (QED) is 0.0566. The number of pyridine rings is 1. The second kappa shape index (κ2) is 22.1. The molecule has 1 amide bonds. The van der Waals surface area contributed by atoms with Crippen molar-refractivity contribution in [2.45, 2.75) is 121 Å². The van der Waals surface area contributed by atoms with Crippen molar-refractivity contribution in [1.29, 1.82) is 0 Å². The number of hydrogen-bond donors (Lipinski definition) is 3. The number of unbranched alkanes of at least 4 members (excludes halogenated alkanes) is 12. The molecule has 0 saturated heterocycles. The summed E-state index contributed by atoms with van der Waals surface area (Å²) in [6.07, 6.45) is 14.1. The maximum Gasteiger partial charge on any atom is 0.422 e. The molecule has 1 heterocycles. The molecule has 1 aromatic heterocycles. The Balaban J connectivity index is 1.82. The van der Waals surface area contributed by atoms with Crippen LogP contribution in [0.4, 0.5) is 13.2 Å². The fraction of sp³-hybridized carbons (Fsp3) is 0.588. The van der Waals surface area contributed by atoms with E-state index >= 15 is 0 Å². The van der Waals surface area contributed by atoms with Gasteiger partial charge in [-0.2, -0.15) is 13.2 Å². The van der Waals surface area contributed by atoms with E-state index in [0.717, 1.165) is 25.7 Å². The number of nitrogens with one attached hydrogen (secondary N) is 1. The number of hydrogen-bond acceptors (Lipinski definition) is 5. The Kier molecular flexibility index (Phi) is 19.1. The number of benzene rings is 1. The molecule has 0 bridgehead atoms. The van der Waals surface area contributed by atoms with Gasteiger partial charge in [0.2, 0.25) is 5.91 Å². The molecular formula is C34H49ClF3N2O6P. The summed E-state index contributed by atoms with van der Waals surface area (Å²) < 4.78 is 59.4. The number of carbonyl (C=O) groups is 1. The zero-order valence-electron chi connectivity index (χ0n) is 27.2. The molecule has 0 aliphatic carbocycles. The fourth-order valence-electron chi connectivity index (χ4n) is 4.80. The minimum Gasteiger partial charge on any atom is -0.487 e. The Hall–Kier alpha value is -2.59. The summed E-state index contributed by atoms with van der Waals surface area (Å²) >= 11 is 5.97. The Labute approximate surface area is 281 Å². The van der Waals surface area contributed by atoms with Crippen LogP contribution in [0, 0.1) is 0 Å². The van der Waals surface area contributed by atoms with Crippen LogP contribution in [0.2, 0.25) is 0 Å². The molecular weight excluding hydrogens is 656 g/mol. The lowest BCUT2D eigenvalue weighted by Gasteiger charge is -2.15. The summed E-state index contributed by atoms with van der Waals surface area (Å²) in [7, 11) is -4.59. The predicted molar refractivity (Wildman–Crippen MR) is 179 cm³/mol. The summed E-state index contributed by atoms with van der Waals surface area (Å²) in [5, 5.41) is 1.27. The molecule has 0 radical (unpaired) electrons. The number of rotatable bonds is 24. The lowest BCUT2D eigenvalue weighted by atomic mass is 10.0. The highest BCUT2D eigenvalue weighted by molar-refractivity contribution is 7.54. The number of allylic oxidation sites excluding steroid dienone is 1. The second-order valence-corrected chi connectivity index (χ2v) is 14.3. The highest BCUT2D eigenvalue weighted by atomic mass is 35.5. The topological polar surface area (TPSA) is 118 Å². The first kappa shape index (κ1) is 40.6. The fourth-order valence-corrected chi connectivity index (χ4v) is 5.40. The molecule has 0 aliphatic rings. The van der Waals surface area contributed by atoms with Crippen molar-refractivity contribution >= 4 is 31.2 Å². The molecule has 2 aromatic rings. The molecule has 1 unspecified atom stereocenters. The Morgan fingerprint density at radius 3 is 2.04 bits per heavy atom. The van der Waals surface area contributed by atoms with Gasteiger partial charge in [-0.1, -0.05) is 96.1 Å². The molecule has 2 rings (SSSR count). The summed E-state index contributed by atoms with van der Waals surface area (Å²) in [4.78, 5) is 35.8.